The third-order valence-electron chi connectivity index (χ3n) is 4.92. The number of aryl methyl sites for hydroxylation is 1. The van der Waals surface area contributed by atoms with Crippen LogP contribution in [0.5, 0.6) is 11.5 Å². The second-order valence-corrected chi connectivity index (χ2v) is 8.68. The summed E-state index contributed by atoms with van der Waals surface area (Å²) in [5.41, 5.74) is 1.91. The van der Waals surface area contributed by atoms with Crippen molar-refractivity contribution in [2.24, 2.45) is 0 Å². The number of aromatic nitrogens is 4. The number of esters is 1. The minimum Gasteiger partial charge on any atom is -0.486 e. The van der Waals surface area contributed by atoms with Gasteiger partial charge in [-0.1, -0.05) is 6.42 Å². The summed E-state index contributed by atoms with van der Waals surface area (Å²) in [5.74, 6) is 2.72. The summed E-state index contributed by atoms with van der Waals surface area (Å²) in [6, 6.07) is 3.83. The number of fused-ring (bicyclic) bond motifs is 4. The molecule has 0 bridgehead atoms. The van der Waals surface area contributed by atoms with Crippen LogP contribution in [0, 0.1) is 6.92 Å². The Labute approximate surface area is 181 Å². The Kier molecular flexibility index (Phi) is 5.84. The zero-order valence-electron chi connectivity index (χ0n) is 18.5. The number of nitrogens with one attached hydrogen (secondary N) is 1. The Balaban J connectivity index is 1.42. The number of unbranched alkanes of at least 4 members (excludes halogenated alkanes) is 2. The fourth-order valence-corrected chi connectivity index (χ4v) is 3.60. The highest BCUT2D eigenvalue weighted by molar-refractivity contribution is 5.86. The molecule has 3 heterocycles. The maximum atomic E-state index is 11.8. The summed E-state index contributed by atoms with van der Waals surface area (Å²) >= 11 is 0. The van der Waals surface area contributed by atoms with E-state index in [1.807, 2.05) is 44.2 Å². The summed E-state index contributed by atoms with van der Waals surface area (Å²) in [6.45, 7) is 9.34. The van der Waals surface area contributed by atoms with Crippen molar-refractivity contribution < 1.29 is 19.0 Å². The van der Waals surface area contributed by atoms with Gasteiger partial charge in [0.15, 0.2) is 17.3 Å². The topological polar surface area (TPSA) is 99.9 Å². The van der Waals surface area contributed by atoms with Crippen LogP contribution in [0.1, 0.15) is 52.3 Å². The van der Waals surface area contributed by atoms with E-state index in [2.05, 4.69) is 15.5 Å². The van der Waals surface area contributed by atoms with Crippen LogP contribution >= 0.6 is 0 Å². The Morgan fingerprint density at radius 3 is 2.61 bits per heavy atom. The van der Waals surface area contributed by atoms with Crippen molar-refractivity contribution >= 4 is 28.5 Å². The van der Waals surface area contributed by atoms with Gasteiger partial charge in [-0.25, -0.2) is 4.98 Å². The maximum Gasteiger partial charge on any atom is 0.306 e. The van der Waals surface area contributed by atoms with Gasteiger partial charge >= 0.3 is 5.97 Å². The first-order valence-electron chi connectivity index (χ1n) is 10.7. The Morgan fingerprint density at radius 1 is 1.13 bits per heavy atom. The van der Waals surface area contributed by atoms with Gasteiger partial charge in [-0.15, -0.1) is 10.2 Å². The van der Waals surface area contributed by atoms with Crippen molar-refractivity contribution in [3.63, 3.8) is 0 Å². The van der Waals surface area contributed by atoms with Crippen molar-refractivity contribution in [1.29, 1.82) is 0 Å². The number of benzene rings is 1. The first kappa shape index (κ1) is 21.1. The fraction of sp³-hybridized carbons (Fsp3) is 0.545. The van der Waals surface area contributed by atoms with Crippen LogP contribution in [0.15, 0.2) is 12.1 Å². The van der Waals surface area contributed by atoms with Gasteiger partial charge < -0.3 is 19.5 Å². The zero-order chi connectivity index (χ0) is 22.0. The van der Waals surface area contributed by atoms with Gasteiger partial charge in [-0.3, -0.25) is 9.20 Å². The molecule has 4 rings (SSSR count). The molecule has 9 nitrogen and oxygen atoms in total. The highest BCUT2D eigenvalue weighted by atomic mass is 16.6. The van der Waals surface area contributed by atoms with Gasteiger partial charge in [0, 0.05) is 25.1 Å². The van der Waals surface area contributed by atoms with Gasteiger partial charge in [0.05, 0.1) is 11.0 Å². The average molecular weight is 428 g/mol. The molecule has 1 aliphatic heterocycles. The molecule has 0 saturated carbocycles. The lowest BCUT2D eigenvalue weighted by Gasteiger charge is -2.19. The first-order valence-corrected chi connectivity index (χ1v) is 10.7. The quantitative estimate of drug-likeness (QED) is 0.450. The predicted octanol–water partition coefficient (Wildman–Crippen LogP) is 3.67. The number of anilines is 1. The number of hydrogen-bond donors (Lipinski definition) is 1. The molecule has 31 heavy (non-hydrogen) atoms. The van der Waals surface area contributed by atoms with E-state index in [-0.39, 0.29) is 5.97 Å². The number of ether oxygens (including phenoxy) is 3. The lowest BCUT2D eigenvalue weighted by Crippen LogP contribution is -2.23. The molecule has 1 aliphatic rings. The van der Waals surface area contributed by atoms with E-state index in [1.165, 1.54) is 0 Å². The average Bonchev–Trinajstić information content (AvgIpc) is 3.10. The smallest absolute Gasteiger partial charge is 0.306 e. The molecule has 0 unspecified atom stereocenters. The second kappa shape index (κ2) is 8.56. The lowest BCUT2D eigenvalue weighted by molar-refractivity contribution is -0.154. The molecule has 1 N–H and O–H groups in total. The Morgan fingerprint density at radius 2 is 1.87 bits per heavy atom. The van der Waals surface area contributed by atoms with E-state index in [9.17, 15) is 4.79 Å². The third-order valence-corrected chi connectivity index (χ3v) is 4.92. The largest absolute Gasteiger partial charge is 0.486 e. The van der Waals surface area contributed by atoms with Gasteiger partial charge in [0.2, 0.25) is 5.65 Å². The summed E-state index contributed by atoms with van der Waals surface area (Å²) in [7, 11) is 0. The first-order chi connectivity index (χ1) is 14.8. The van der Waals surface area contributed by atoms with E-state index >= 15 is 0 Å². The van der Waals surface area contributed by atoms with Gasteiger partial charge in [-0.05, 0) is 40.5 Å². The van der Waals surface area contributed by atoms with Gasteiger partial charge in [-0.2, -0.15) is 0 Å². The second-order valence-electron chi connectivity index (χ2n) is 8.68. The van der Waals surface area contributed by atoms with Crippen LogP contribution in [0.2, 0.25) is 0 Å². The molecule has 166 valence electrons. The molecule has 0 radical (unpaired) electrons. The minimum absolute atomic E-state index is 0.146. The van der Waals surface area contributed by atoms with Crippen molar-refractivity contribution in [3.8, 4) is 11.5 Å². The molecular weight excluding hydrogens is 398 g/mol. The van der Waals surface area contributed by atoms with Crippen LogP contribution < -0.4 is 14.8 Å². The molecule has 1 aromatic carbocycles. The Bertz CT molecular complexity index is 1100. The summed E-state index contributed by atoms with van der Waals surface area (Å²) in [4.78, 5) is 16.6. The van der Waals surface area contributed by atoms with Gasteiger partial charge in [0.25, 0.3) is 0 Å². The standard InChI is InChI=1S/C22H29N5O4/c1-14-25-26-21-20(23-9-7-5-6-8-19(28)31-22(2,3)4)24-15-12-17-18(30-11-10-29-17)13-16(15)27(14)21/h12-13H,5-11H2,1-4H3,(H,23,24). The van der Waals surface area contributed by atoms with E-state index < -0.39 is 5.60 Å². The molecule has 0 saturated heterocycles. The van der Waals surface area contributed by atoms with Crippen LogP contribution in [0.3, 0.4) is 0 Å². The zero-order valence-corrected chi connectivity index (χ0v) is 18.5. The van der Waals surface area contributed by atoms with Crippen molar-refractivity contribution in [2.45, 2.75) is 59.0 Å². The Hall–Kier alpha value is -3.10. The summed E-state index contributed by atoms with van der Waals surface area (Å²) in [5, 5.41) is 11.9. The molecular formula is C22H29N5O4. The van der Waals surface area contributed by atoms with Crippen LogP contribution in [-0.2, 0) is 9.53 Å². The van der Waals surface area contributed by atoms with E-state index in [0.717, 1.165) is 42.7 Å². The SMILES string of the molecule is Cc1nnc2c(NCCCCCC(=O)OC(C)(C)C)nc3cc4c(cc3n12)OCCO4. The molecule has 2 aromatic heterocycles. The number of carbonyl (C=O) groups excluding carboxylic acids is 1. The molecule has 0 spiro atoms. The lowest BCUT2D eigenvalue weighted by atomic mass is 10.1. The summed E-state index contributed by atoms with van der Waals surface area (Å²) < 4.78 is 18.7. The van der Waals surface area contributed by atoms with Crippen LogP contribution in [-0.4, -0.2) is 50.9 Å². The fourth-order valence-electron chi connectivity index (χ4n) is 3.60. The number of nitrogens with zero attached hydrogens (tertiary/aromatic N) is 4. The highest BCUT2D eigenvalue weighted by Crippen LogP contribution is 2.35. The van der Waals surface area contributed by atoms with Gasteiger partial charge in [0.1, 0.15) is 24.6 Å². The van der Waals surface area contributed by atoms with Crippen molar-refractivity contribution in [2.75, 3.05) is 25.1 Å². The normalized spacial score (nSPS) is 13.5. The molecule has 3 aromatic rings. The van der Waals surface area contributed by atoms with Crippen molar-refractivity contribution in [1.82, 2.24) is 19.6 Å². The number of hydrogen-bond acceptors (Lipinski definition) is 8. The summed E-state index contributed by atoms with van der Waals surface area (Å²) in [6.07, 6.45) is 3.06. The number of rotatable bonds is 7. The maximum absolute atomic E-state index is 11.8. The third kappa shape index (κ3) is 4.81. The monoisotopic (exact) mass is 427 g/mol. The van der Waals surface area contributed by atoms with E-state index in [1.54, 1.807) is 0 Å². The van der Waals surface area contributed by atoms with E-state index in [0.29, 0.717) is 42.6 Å². The highest BCUT2D eigenvalue weighted by Gasteiger charge is 2.19. The molecule has 0 atom stereocenters. The molecule has 9 heteroatoms. The van der Waals surface area contributed by atoms with Crippen molar-refractivity contribution in [3.05, 3.63) is 18.0 Å². The molecule has 0 fully saturated rings. The van der Waals surface area contributed by atoms with Crippen LogP contribution in [0.4, 0.5) is 5.82 Å². The van der Waals surface area contributed by atoms with Crippen LogP contribution in [0.25, 0.3) is 16.7 Å². The van der Waals surface area contributed by atoms with E-state index in [4.69, 9.17) is 19.2 Å². The number of carbonyl (C=O) groups is 1. The minimum atomic E-state index is -0.432. The predicted molar refractivity (Wildman–Crippen MR) is 117 cm³/mol. The molecule has 0 amide bonds. The molecule has 0 aliphatic carbocycles.